The second-order valence-corrected chi connectivity index (χ2v) is 34.2. The molecule has 0 aliphatic rings. The number of guanidine groups is 3. The molecule has 786 valence electrons. The van der Waals surface area contributed by atoms with Crippen molar-refractivity contribution in [3.8, 4) is 5.75 Å². The SMILES string of the molecule is COc1ccc2c(CC(=O)NC(CO)C(=O)NC(CCC(=O)O)C(=O)NC(C(=O)NC(CCCCN)C(=O)NC(CCSC)C(=O)NC(CC(=O)O)C(=O)NC(C)C(=O)NC(CCC(=O)O)C(=O)NC(Cc3ccccc3)C(=O)NC(CCCNC(=N)N)C(=O)NC(CCCCNc3ccc([N+](=O)[O-])cc3[N+](=O)[O-])C(=O)NC(CCCNC(=N)N)C(=O)NC(CCCNC(=N)N)C(N)=O)C(C)C)cc(=O)oc2c1. The Balaban J connectivity index is 1.64. The summed E-state index contributed by atoms with van der Waals surface area (Å²) in [5.74, 6) is -22.0. The van der Waals surface area contributed by atoms with Gasteiger partial charge in [0.1, 0.15) is 95.6 Å². The number of rotatable bonds is 68. The molecule has 0 fully saturated rings. The van der Waals surface area contributed by atoms with E-state index < -0.39 is 275 Å². The molecule has 4 aromatic rings. The maximum Gasteiger partial charge on any atom is 0.336 e. The van der Waals surface area contributed by atoms with Gasteiger partial charge in [0.15, 0.2) is 17.9 Å². The lowest BCUT2D eigenvalue weighted by molar-refractivity contribution is -0.393. The summed E-state index contributed by atoms with van der Waals surface area (Å²) < 4.78 is 10.4. The van der Waals surface area contributed by atoms with Crippen LogP contribution in [-0.4, -0.2) is 286 Å². The Labute approximate surface area is 823 Å². The first-order valence-electron chi connectivity index (χ1n) is 45.4. The van der Waals surface area contributed by atoms with Crippen molar-refractivity contribution in [2.45, 2.75) is 228 Å². The number of nitrogens with zero attached hydrogens (tertiary/aromatic N) is 2. The number of non-ortho nitro benzene ring substituents is 1. The number of amides is 14. The van der Waals surface area contributed by atoms with Crippen molar-refractivity contribution in [3.05, 3.63) is 115 Å². The molecule has 55 nitrogen and oxygen atoms in total. The minimum atomic E-state index is -2.08. The maximum absolute atomic E-state index is 15.1. The number of hydrogen-bond donors (Lipinski definition) is 29. The zero-order valence-electron chi connectivity index (χ0n) is 79.4. The Kier molecular flexibility index (Phi) is 52.2. The van der Waals surface area contributed by atoms with Gasteiger partial charge in [-0.25, -0.2) is 4.79 Å². The lowest BCUT2D eigenvalue weighted by Crippen LogP contribution is -2.61. The number of methoxy groups -OCH3 is 1. The van der Waals surface area contributed by atoms with Gasteiger partial charge in [0.05, 0.1) is 42.5 Å². The number of unbranched alkanes of at least 4 members (excludes halogenated alkanes) is 2. The van der Waals surface area contributed by atoms with Crippen LogP contribution in [-0.2, 0) is 94.3 Å². The number of primary amides is 1. The molecule has 4 rings (SSSR count). The fourth-order valence-corrected chi connectivity index (χ4v) is 14.6. The van der Waals surface area contributed by atoms with Crippen LogP contribution in [0.15, 0.2) is 82.0 Å². The van der Waals surface area contributed by atoms with E-state index in [0.29, 0.717) is 16.7 Å². The van der Waals surface area contributed by atoms with E-state index >= 15 is 9.59 Å². The third kappa shape index (κ3) is 44.1. The number of nitro groups is 2. The summed E-state index contributed by atoms with van der Waals surface area (Å²) in [6.07, 6.45) is -4.34. The molecule has 0 spiro atoms. The number of hydrogen-bond acceptors (Lipinski definition) is 31. The van der Waals surface area contributed by atoms with E-state index in [1.165, 1.54) is 63.1 Å². The number of thioether (sulfide) groups is 1. The lowest BCUT2D eigenvalue weighted by atomic mass is 10.0. The number of aliphatic hydroxyl groups excluding tert-OH is 1. The molecule has 3 aromatic carbocycles. The van der Waals surface area contributed by atoms with Crippen molar-refractivity contribution in [1.29, 1.82) is 16.2 Å². The maximum atomic E-state index is 15.1. The third-order valence-corrected chi connectivity index (χ3v) is 22.3. The van der Waals surface area contributed by atoms with E-state index in [-0.39, 0.29) is 145 Å². The van der Waals surface area contributed by atoms with E-state index in [1.807, 2.05) is 0 Å². The number of nitro benzene ring substituents is 2. The molecule has 34 N–H and O–H groups in total. The van der Waals surface area contributed by atoms with Gasteiger partial charge >= 0.3 is 23.5 Å². The van der Waals surface area contributed by atoms with Crippen LogP contribution >= 0.6 is 11.8 Å². The molecule has 0 aliphatic heterocycles. The number of carboxylic acid groups (broad SMARTS) is 3. The first-order valence-corrected chi connectivity index (χ1v) is 46.8. The number of fused-ring (bicyclic) bond motifs is 1. The number of anilines is 1. The quantitative estimate of drug-likeness (QED) is 0.00492. The number of carbonyl (C=O) groups is 17. The molecular formula is C87H129N27O28S. The molecule has 0 bridgehead atoms. The fraction of sp³-hybridized carbons (Fsp3) is 0.529. The standard InChI is InChI=1S/C87H129N27O28S/c1-45(2)71(112-80(132)59(28-30-68(119)120)107-83(135)63(44-115)101-66(116)39-48-40-70(123)142-65-42-50(141-4)24-25-51(48)65)84(136)109-55(18-9-11-32-88)76(128)108-60(31-37-143-5)79(131)111-62(43-69(121)122)81(133)100-46(3)73(125)103-58(27-29-67(117)118)78(130)110-61(38-47-16-7-6-8-17-47)82(134)106-57(22-15-36-99-87(94)95)77(129)104-54(19-10-12-33-96-52-26-23-49(113(137)138)41-64(52)114(139)140)75(127)105-56(21-14-35-98-86(92)93)74(126)102-53(72(89)124)20-13-34-97-85(90)91/h6-8,16-17,23-26,40-42,45-46,53-63,71,96,115H,9-15,18-22,27-39,43-44,88H2,1-5H3,(H2,89,124)(H,100,133)(H,101,116)(H,102,126)(H,103,125)(H,104,129)(H,105,127)(H,106,134)(H,107,135)(H,108,128)(H,109,136)(H,110,130)(H,111,131)(H,112,132)(H,117,118)(H,119,120)(H,121,122)(H4,90,91,97)(H4,92,93,98)(H4,94,95,99). The van der Waals surface area contributed by atoms with Crippen molar-refractivity contribution in [2.75, 3.05) is 63.8 Å². The number of carboxylic acids is 3. The number of aliphatic carboxylic acids is 3. The van der Waals surface area contributed by atoms with Crippen LogP contribution in [0.2, 0.25) is 0 Å². The minimum absolute atomic E-state index is 0.0205. The van der Waals surface area contributed by atoms with Gasteiger partial charge in [-0.05, 0) is 157 Å². The van der Waals surface area contributed by atoms with E-state index in [4.69, 9.17) is 54.1 Å². The largest absolute Gasteiger partial charge is 0.497 e. The molecule has 14 amide bonds. The highest BCUT2D eigenvalue weighted by Crippen LogP contribution is 2.30. The molecule has 13 atom stereocenters. The summed E-state index contributed by atoms with van der Waals surface area (Å²) in [6, 6.07) is -6.06. The number of carbonyl (C=O) groups excluding carboxylic acids is 14. The number of aliphatic hydroxyl groups is 1. The van der Waals surface area contributed by atoms with Crippen LogP contribution < -0.4 is 129 Å². The third-order valence-electron chi connectivity index (χ3n) is 21.7. The summed E-state index contributed by atoms with van der Waals surface area (Å²) in [6.45, 7) is 2.87. The van der Waals surface area contributed by atoms with Gasteiger partial charge in [-0.3, -0.25) is 118 Å². The van der Waals surface area contributed by atoms with Crippen LogP contribution in [0.4, 0.5) is 17.1 Å². The number of nitrogens with one attached hydrogen (secondary N) is 20. The van der Waals surface area contributed by atoms with Crippen LogP contribution in [0, 0.1) is 42.4 Å². The van der Waals surface area contributed by atoms with Gasteiger partial charge in [-0.15, -0.1) is 0 Å². The monoisotopic (exact) mass is 2030 g/mol. The molecule has 0 radical (unpaired) electrons. The minimum Gasteiger partial charge on any atom is -0.497 e. The molecule has 56 heteroatoms. The number of nitrogens with two attached hydrogens (primary N) is 5. The molecule has 13 unspecified atom stereocenters. The Hall–Kier alpha value is -15.7. The molecule has 0 saturated heterocycles. The van der Waals surface area contributed by atoms with Crippen molar-refractivity contribution in [2.24, 2.45) is 34.6 Å². The Morgan fingerprint density at radius 3 is 1.35 bits per heavy atom. The Bertz CT molecular complexity index is 5190. The van der Waals surface area contributed by atoms with Crippen molar-refractivity contribution < 1.29 is 121 Å². The lowest BCUT2D eigenvalue weighted by Gasteiger charge is -2.29. The zero-order chi connectivity index (χ0) is 107. The Morgan fingerprint density at radius 2 is 0.895 bits per heavy atom. The van der Waals surface area contributed by atoms with Crippen molar-refractivity contribution in [1.82, 2.24) is 85.1 Å². The second kappa shape index (κ2) is 62.4. The summed E-state index contributed by atoms with van der Waals surface area (Å²) in [7, 11) is 1.38. The summed E-state index contributed by atoms with van der Waals surface area (Å²) in [4.78, 5) is 271. The second-order valence-electron chi connectivity index (χ2n) is 33.2. The number of benzene rings is 3. The average Bonchev–Trinajstić information content (AvgIpc) is 0.797. The predicted molar refractivity (Wildman–Crippen MR) is 516 cm³/mol. The molecule has 0 aliphatic carbocycles. The van der Waals surface area contributed by atoms with Crippen LogP contribution in [0.1, 0.15) is 147 Å². The summed E-state index contributed by atoms with van der Waals surface area (Å²) >= 11 is 1.18. The molecule has 1 heterocycles. The van der Waals surface area contributed by atoms with E-state index in [2.05, 4.69) is 90.4 Å². The first kappa shape index (κ1) is 120. The highest BCUT2D eigenvalue weighted by atomic mass is 32.2. The highest BCUT2D eigenvalue weighted by Gasteiger charge is 2.39. The van der Waals surface area contributed by atoms with Crippen molar-refractivity contribution >= 4 is 158 Å². The fourth-order valence-electron chi connectivity index (χ4n) is 14.1. The molecule has 0 saturated carbocycles. The molecule has 1 aromatic heterocycles. The molecule has 143 heavy (non-hydrogen) atoms. The van der Waals surface area contributed by atoms with Gasteiger partial charge < -0.3 is 149 Å². The van der Waals surface area contributed by atoms with E-state index in [0.717, 1.165) is 31.2 Å². The Morgan fingerprint density at radius 1 is 0.462 bits per heavy atom. The first-order chi connectivity index (χ1) is 67.7. The average molecular weight is 2030 g/mol. The normalized spacial score (nSPS) is 13.7. The van der Waals surface area contributed by atoms with Crippen molar-refractivity contribution in [3.63, 3.8) is 0 Å². The highest BCUT2D eigenvalue weighted by molar-refractivity contribution is 7.98. The number of ether oxygens (including phenoxy) is 1. The van der Waals surface area contributed by atoms with Crippen LogP contribution in [0.25, 0.3) is 11.0 Å². The topological polar surface area (TPSA) is 903 Å². The van der Waals surface area contributed by atoms with Crippen LogP contribution in [0.5, 0.6) is 5.75 Å². The van der Waals surface area contributed by atoms with E-state index in [9.17, 15) is 117 Å². The van der Waals surface area contributed by atoms with Gasteiger partial charge in [0.2, 0.25) is 82.7 Å². The van der Waals surface area contributed by atoms with Crippen LogP contribution in [0.3, 0.4) is 0 Å². The van der Waals surface area contributed by atoms with Gasteiger partial charge in [0.25, 0.3) is 11.4 Å². The van der Waals surface area contributed by atoms with E-state index in [1.54, 1.807) is 24.5 Å². The zero-order valence-corrected chi connectivity index (χ0v) is 80.2. The molecular weight excluding hydrogens is 1900 g/mol. The van der Waals surface area contributed by atoms with Gasteiger partial charge in [0, 0.05) is 69.0 Å². The smallest absolute Gasteiger partial charge is 0.336 e. The summed E-state index contributed by atoms with van der Waals surface area (Å²) in [5, 5.41) is 129. The predicted octanol–water partition coefficient (Wildman–Crippen LogP) is -4.98. The summed E-state index contributed by atoms with van der Waals surface area (Å²) in [5.41, 5.74) is 26.3. The van der Waals surface area contributed by atoms with Gasteiger partial charge in [-0.1, -0.05) is 44.2 Å². The van der Waals surface area contributed by atoms with Gasteiger partial charge in [-0.2, -0.15) is 11.8 Å².